The van der Waals surface area contributed by atoms with Gasteiger partial charge in [-0.1, -0.05) is 24.3 Å². The number of amides is 1. The van der Waals surface area contributed by atoms with Gasteiger partial charge in [-0.05, 0) is 30.0 Å². The molecule has 1 amide bonds. The molecule has 1 atom stereocenters. The molecule has 4 rings (SSSR count). The fraction of sp³-hybridized carbons (Fsp3) is 0.444. The van der Waals surface area contributed by atoms with Crippen molar-refractivity contribution < 1.29 is 9.53 Å². The Labute approximate surface area is 141 Å². The lowest BCUT2D eigenvalue weighted by Crippen LogP contribution is -2.59. The molecule has 0 radical (unpaired) electrons. The molecule has 1 saturated heterocycles. The Bertz CT molecular complexity index is 703. The van der Waals surface area contributed by atoms with Gasteiger partial charge in [0.1, 0.15) is 5.54 Å². The molecule has 1 aliphatic heterocycles. The van der Waals surface area contributed by atoms with Crippen LogP contribution in [0.5, 0.6) is 0 Å². The van der Waals surface area contributed by atoms with E-state index in [0.717, 1.165) is 0 Å². The van der Waals surface area contributed by atoms with Gasteiger partial charge in [-0.2, -0.15) is 5.10 Å². The van der Waals surface area contributed by atoms with E-state index in [1.165, 1.54) is 11.1 Å². The summed E-state index contributed by atoms with van der Waals surface area (Å²) in [5.41, 5.74) is 8.07. The molecule has 1 aromatic carbocycles. The van der Waals surface area contributed by atoms with Crippen LogP contribution in [0.4, 0.5) is 0 Å². The van der Waals surface area contributed by atoms with Gasteiger partial charge in [-0.15, -0.1) is 0 Å². The molecule has 6 nitrogen and oxygen atoms in total. The predicted molar refractivity (Wildman–Crippen MR) is 89.3 cm³/mol. The van der Waals surface area contributed by atoms with Gasteiger partial charge in [0.2, 0.25) is 5.91 Å². The molecule has 1 unspecified atom stereocenters. The van der Waals surface area contributed by atoms with Crippen molar-refractivity contribution in [3.63, 3.8) is 0 Å². The average Bonchev–Trinajstić information content (AvgIpc) is 3.21. The second kappa shape index (κ2) is 6.03. The van der Waals surface area contributed by atoms with Gasteiger partial charge in [0.15, 0.2) is 0 Å². The number of rotatable bonds is 3. The number of morpholine rings is 1. The second-order valence-electron chi connectivity index (χ2n) is 6.75. The molecule has 1 aliphatic carbocycles. The number of aromatic nitrogens is 2. The third-order valence-corrected chi connectivity index (χ3v) is 4.93. The van der Waals surface area contributed by atoms with Crippen LogP contribution in [-0.4, -0.2) is 51.9 Å². The van der Waals surface area contributed by atoms with Crippen LogP contribution in [-0.2, 0) is 28.9 Å². The molecule has 6 heteroatoms. The summed E-state index contributed by atoms with van der Waals surface area (Å²) in [5, 5.41) is 4.21. The largest absolute Gasteiger partial charge is 0.373 e. The molecule has 0 spiro atoms. The summed E-state index contributed by atoms with van der Waals surface area (Å²) in [6.07, 6.45) is 4.83. The van der Waals surface area contributed by atoms with Crippen LogP contribution in [0, 0.1) is 0 Å². The zero-order valence-electron chi connectivity index (χ0n) is 13.6. The van der Waals surface area contributed by atoms with Gasteiger partial charge >= 0.3 is 0 Å². The molecule has 1 fully saturated rings. The first-order valence-corrected chi connectivity index (χ1v) is 8.38. The normalized spacial score (nSPS) is 22.4. The average molecular weight is 326 g/mol. The lowest BCUT2D eigenvalue weighted by atomic mass is 9.94. The van der Waals surface area contributed by atoms with Crippen molar-refractivity contribution in [2.45, 2.75) is 31.0 Å². The third-order valence-electron chi connectivity index (χ3n) is 4.93. The maximum Gasteiger partial charge on any atom is 0.243 e. The van der Waals surface area contributed by atoms with Crippen molar-refractivity contribution in [1.82, 2.24) is 14.7 Å². The molecule has 2 N–H and O–H groups in total. The lowest BCUT2D eigenvalue weighted by Gasteiger charge is -2.37. The molecule has 2 heterocycles. The number of nitrogens with zero attached hydrogens (tertiary/aromatic N) is 3. The molecular formula is C18H22N4O2. The standard InChI is InChI=1S/C18H22N4O2/c19-18(10-14-4-1-2-5-15(14)11-18)17(23)21-8-9-24-16(12-21)13-22-7-3-6-20-22/h1-7,16H,8-13,19H2. The molecule has 1 aromatic heterocycles. The quantitative estimate of drug-likeness (QED) is 0.897. The van der Waals surface area contributed by atoms with Crippen LogP contribution in [0.3, 0.4) is 0 Å². The number of ether oxygens (including phenoxy) is 1. The van der Waals surface area contributed by atoms with Crippen LogP contribution in [0.1, 0.15) is 11.1 Å². The molecule has 0 bridgehead atoms. The Morgan fingerprint density at radius 2 is 2.04 bits per heavy atom. The first kappa shape index (κ1) is 15.4. The van der Waals surface area contributed by atoms with E-state index in [4.69, 9.17) is 10.5 Å². The van der Waals surface area contributed by atoms with Crippen molar-refractivity contribution in [3.8, 4) is 0 Å². The van der Waals surface area contributed by atoms with Crippen LogP contribution < -0.4 is 5.73 Å². The van der Waals surface area contributed by atoms with Crippen LogP contribution in [0.15, 0.2) is 42.7 Å². The summed E-state index contributed by atoms with van der Waals surface area (Å²) in [4.78, 5) is 14.9. The smallest absolute Gasteiger partial charge is 0.243 e. The van der Waals surface area contributed by atoms with Gasteiger partial charge in [-0.25, -0.2) is 0 Å². The number of hydrogen-bond donors (Lipinski definition) is 1. The monoisotopic (exact) mass is 326 g/mol. The van der Waals surface area contributed by atoms with Crippen LogP contribution in [0.25, 0.3) is 0 Å². The van der Waals surface area contributed by atoms with Gasteiger partial charge < -0.3 is 15.4 Å². The maximum atomic E-state index is 13.1. The van der Waals surface area contributed by atoms with Crippen molar-refractivity contribution >= 4 is 5.91 Å². The Kier molecular flexibility index (Phi) is 3.86. The van der Waals surface area contributed by atoms with Crippen molar-refractivity contribution in [3.05, 3.63) is 53.9 Å². The molecule has 24 heavy (non-hydrogen) atoms. The topological polar surface area (TPSA) is 73.4 Å². The molecule has 2 aromatic rings. The van der Waals surface area contributed by atoms with Gasteiger partial charge in [0.05, 0.1) is 19.3 Å². The van der Waals surface area contributed by atoms with E-state index in [1.807, 2.05) is 34.0 Å². The summed E-state index contributed by atoms with van der Waals surface area (Å²) in [5.74, 6) is 0.0347. The Morgan fingerprint density at radius 3 is 2.71 bits per heavy atom. The predicted octanol–water partition coefficient (Wildman–Crippen LogP) is 0.607. The van der Waals surface area contributed by atoms with Crippen molar-refractivity contribution in [1.29, 1.82) is 0 Å². The minimum Gasteiger partial charge on any atom is -0.373 e. The number of fused-ring (bicyclic) bond motifs is 1. The Morgan fingerprint density at radius 1 is 1.29 bits per heavy atom. The van der Waals surface area contributed by atoms with E-state index < -0.39 is 5.54 Å². The molecule has 0 saturated carbocycles. The Hall–Kier alpha value is -2.18. The van der Waals surface area contributed by atoms with Gasteiger partial charge in [0.25, 0.3) is 0 Å². The van der Waals surface area contributed by atoms with Gasteiger partial charge in [0, 0.05) is 25.5 Å². The fourth-order valence-electron chi connectivity index (χ4n) is 3.74. The number of benzene rings is 1. The lowest BCUT2D eigenvalue weighted by molar-refractivity contribution is -0.144. The number of hydrogen-bond acceptors (Lipinski definition) is 4. The summed E-state index contributed by atoms with van der Waals surface area (Å²) >= 11 is 0. The summed E-state index contributed by atoms with van der Waals surface area (Å²) < 4.78 is 7.63. The number of carbonyl (C=O) groups excluding carboxylic acids is 1. The highest BCUT2D eigenvalue weighted by Crippen LogP contribution is 2.30. The Balaban J connectivity index is 1.44. The maximum absolute atomic E-state index is 13.1. The minimum absolute atomic E-state index is 0.0347. The number of nitrogens with two attached hydrogens (primary N) is 1. The summed E-state index contributed by atoms with van der Waals surface area (Å²) in [6, 6.07) is 10.0. The van der Waals surface area contributed by atoms with E-state index in [2.05, 4.69) is 17.2 Å². The van der Waals surface area contributed by atoms with Crippen LogP contribution in [0.2, 0.25) is 0 Å². The molecular weight excluding hydrogens is 304 g/mol. The highest BCUT2D eigenvalue weighted by atomic mass is 16.5. The zero-order chi connectivity index (χ0) is 16.6. The highest BCUT2D eigenvalue weighted by Gasteiger charge is 2.43. The first-order valence-electron chi connectivity index (χ1n) is 8.38. The van der Waals surface area contributed by atoms with E-state index in [-0.39, 0.29) is 12.0 Å². The van der Waals surface area contributed by atoms with E-state index in [9.17, 15) is 4.79 Å². The fourth-order valence-corrected chi connectivity index (χ4v) is 3.74. The van der Waals surface area contributed by atoms with E-state index in [0.29, 0.717) is 39.1 Å². The second-order valence-corrected chi connectivity index (χ2v) is 6.75. The molecule has 126 valence electrons. The summed E-state index contributed by atoms with van der Waals surface area (Å²) in [6.45, 7) is 2.35. The van der Waals surface area contributed by atoms with Crippen molar-refractivity contribution in [2.24, 2.45) is 5.73 Å². The van der Waals surface area contributed by atoms with E-state index in [1.54, 1.807) is 6.20 Å². The first-order chi connectivity index (χ1) is 11.6. The highest BCUT2D eigenvalue weighted by molar-refractivity contribution is 5.88. The molecule has 2 aliphatic rings. The zero-order valence-corrected chi connectivity index (χ0v) is 13.6. The third kappa shape index (κ3) is 2.83. The summed E-state index contributed by atoms with van der Waals surface area (Å²) in [7, 11) is 0. The number of carbonyl (C=O) groups is 1. The van der Waals surface area contributed by atoms with Crippen molar-refractivity contribution in [2.75, 3.05) is 19.7 Å². The minimum atomic E-state index is -0.822. The SMILES string of the molecule is NC1(C(=O)N2CCOC(Cn3cccn3)C2)Cc2ccccc2C1. The van der Waals surface area contributed by atoms with E-state index >= 15 is 0 Å². The van der Waals surface area contributed by atoms with Gasteiger partial charge in [-0.3, -0.25) is 9.48 Å². The van der Waals surface area contributed by atoms with Crippen LogP contribution >= 0.6 is 0 Å².